The van der Waals surface area contributed by atoms with E-state index in [0.717, 1.165) is 13.1 Å². The van der Waals surface area contributed by atoms with Gasteiger partial charge in [-0.15, -0.1) is 5.10 Å². The topological polar surface area (TPSA) is 110 Å². The van der Waals surface area contributed by atoms with Gasteiger partial charge in [0, 0.05) is 24.1 Å². The Morgan fingerprint density at radius 1 is 1.13 bits per heavy atom. The number of fused-ring (bicyclic) bond motifs is 3. The summed E-state index contributed by atoms with van der Waals surface area (Å²) in [6.45, 7) is 1.32. The van der Waals surface area contributed by atoms with Crippen LogP contribution in [0.1, 0.15) is 62.4 Å². The quantitative estimate of drug-likeness (QED) is 0.695. The normalized spacial score (nSPS) is 25.4. The number of rotatable bonds is 7. The standard InChI is InChI=1S/C21H25F2N5O3/c1-19(22,23)14-2-3-15(24-10-14)12-28-13-16(26-27-28)11-25-17(29)20-4-7-21(8-5-20,9-6-20)18(30)31/h2-3,10,13H,4-9,11-12H2,1H3,(H,25,29)(H,30,31). The molecule has 0 aromatic carbocycles. The van der Waals surface area contributed by atoms with Gasteiger partial charge in [-0.25, -0.2) is 13.5 Å². The Kier molecular flexibility index (Phi) is 5.26. The van der Waals surface area contributed by atoms with Gasteiger partial charge in [0.25, 0.3) is 5.92 Å². The van der Waals surface area contributed by atoms with E-state index in [2.05, 4.69) is 20.6 Å². The minimum atomic E-state index is -2.94. The van der Waals surface area contributed by atoms with Crippen LogP contribution in [0.4, 0.5) is 8.78 Å². The van der Waals surface area contributed by atoms with Crippen molar-refractivity contribution in [3.05, 3.63) is 41.5 Å². The molecule has 2 aromatic rings. The minimum absolute atomic E-state index is 0.0570. The molecule has 3 saturated carbocycles. The summed E-state index contributed by atoms with van der Waals surface area (Å²) in [7, 11) is 0. The zero-order valence-corrected chi connectivity index (χ0v) is 17.3. The van der Waals surface area contributed by atoms with E-state index in [-0.39, 0.29) is 24.6 Å². The number of hydrogen-bond acceptors (Lipinski definition) is 5. The lowest BCUT2D eigenvalue weighted by Crippen LogP contribution is -2.52. The molecule has 2 bridgehead atoms. The fourth-order valence-corrected chi connectivity index (χ4v) is 4.65. The highest BCUT2D eigenvalue weighted by Crippen LogP contribution is 2.57. The number of alkyl halides is 2. The summed E-state index contributed by atoms with van der Waals surface area (Å²) in [5.41, 5.74) is -0.139. The van der Waals surface area contributed by atoms with Crippen LogP contribution >= 0.6 is 0 Å². The van der Waals surface area contributed by atoms with Crippen molar-refractivity contribution in [1.82, 2.24) is 25.3 Å². The molecule has 3 fully saturated rings. The Morgan fingerprint density at radius 3 is 2.32 bits per heavy atom. The molecule has 0 aliphatic heterocycles. The van der Waals surface area contributed by atoms with E-state index in [9.17, 15) is 23.5 Å². The predicted molar refractivity (Wildman–Crippen MR) is 105 cm³/mol. The molecule has 2 N–H and O–H groups in total. The monoisotopic (exact) mass is 433 g/mol. The molecule has 0 atom stereocenters. The molecule has 5 rings (SSSR count). The molecule has 1 amide bonds. The molecule has 166 valence electrons. The van der Waals surface area contributed by atoms with E-state index in [4.69, 9.17) is 0 Å². The Morgan fingerprint density at radius 2 is 1.77 bits per heavy atom. The van der Waals surface area contributed by atoms with Gasteiger partial charge in [0.15, 0.2) is 0 Å². The molecule has 2 heterocycles. The van der Waals surface area contributed by atoms with Crippen LogP contribution in [-0.4, -0.2) is 37.0 Å². The summed E-state index contributed by atoms with van der Waals surface area (Å²) in [5, 5.41) is 20.5. The van der Waals surface area contributed by atoms with Crippen LogP contribution in [0.5, 0.6) is 0 Å². The lowest BCUT2D eigenvalue weighted by molar-refractivity contribution is -0.163. The van der Waals surface area contributed by atoms with Gasteiger partial charge in [-0.2, -0.15) is 0 Å². The molecule has 0 radical (unpaired) electrons. The first-order valence-electron chi connectivity index (χ1n) is 10.4. The maximum absolute atomic E-state index is 13.3. The Balaban J connectivity index is 1.32. The molecular weight excluding hydrogens is 408 g/mol. The van der Waals surface area contributed by atoms with Gasteiger partial charge >= 0.3 is 5.97 Å². The van der Waals surface area contributed by atoms with Crippen molar-refractivity contribution in [2.24, 2.45) is 10.8 Å². The van der Waals surface area contributed by atoms with E-state index >= 15 is 0 Å². The Bertz CT molecular complexity index is 959. The highest BCUT2D eigenvalue weighted by atomic mass is 19.3. The molecule has 10 heteroatoms. The number of carboxylic acids is 1. The molecule has 0 saturated heterocycles. The average Bonchev–Trinajstić information content (AvgIpc) is 3.20. The van der Waals surface area contributed by atoms with Gasteiger partial charge in [0.2, 0.25) is 5.91 Å². The van der Waals surface area contributed by atoms with Crippen molar-refractivity contribution >= 4 is 11.9 Å². The number of carboxylic acid groups (broad SMARTS) is 1. The van der Waals surface area contributed by atoms with Gasteiger partial charge in [0.1, 0.15) is 5.69 Å². The summed E-state index contributed by atoms with van der Waals surface area (Å²) in [6, 6.07) is 2.87. The number of nitrogens with one attached hydrogen (secondary N) is 1. The zero-order valence-electron chi connectivity index (χ0n) is 17.3. The van der Waals surface area contributed by atoms with Crippen molar-refractivity contribution < 1.29 is 23.5 Å². The van der Waals surface area contributed by atoms with Crippen molar-refractivity contribution in [2.75, 3.05) is 0 Å². The van der Waals surface area contributed by atoms with Gasteiger partial charge in [-0.05, 0) is 50.7 Å². The number of halogens is 2. The summed E-state index contributed by atoms with van der Waals surface area (Å²) in [5.74, 6) is -3.74. The molecular formula is C21H25F2N5O3. The number of aliphatic carboxylic acids is 1. The van der Waals surface area contributed by atoms with Crippen LogP contribution in [0.15, 0.2) is 24.5 Å². The van der Waals surface area contributed by atoms with Crippen molar-refractivity contribution in [3.8, 4) is 0 Å². The second kappa shape index (κ2) is 7.65. The Hall–Kier alpha value is -2.91. The van der Waals surface area contributed by atoms with Crippen molar-refractivity contribution in [3.63, 3.8) is 0 Å². The first-order valence-corrected chi connectivity index (χ1v) is 10.4. The molecule has 8 nitrogen and oxygen atoms in total. The summed E-state index contributed by atoms with van der Waals surface area (Å²) in [4.78, 5) is 28.5. The maximum atomic E-state index is 13.3. The van der Waals surface area contributed by atoms with Gasteiger partial charge in [0.05, 0.1) is 30.4 Å². The minimum Gasteiger partial charge on any atom is -0.481 e. The fourth-order valence-electron chi connectivity index (χ4n) is 4.65. The largest absolute Gasteiger partial charge is 0.481 e. The maximum Gasteiger partial charge on any atom is 0.309 e. The third-order valence-electron chi connectivity index (χ3n) is 6.85. The van der Waals surface area contributed by atoms with Crippen LogP contribution in [-0.2, 0) is 28.6 Å². The SMILES string of the molecule is CC(F)(F)c1ccc(Cn2cc(CNC(=O)C34CCC(C(=O)O)(CC3)CC4)nn2)nc1. The van der Waals surface area contributed by atoms with Crippen molar-refractivity contribution in [1.29, 1.82) is 0 Å². The third kappa shape index (κ3) is 4.15. The van der Waals surface area contributed by atoms with E-state index in [1.807, 2.05) is 0 Å². The highest BCUT2D eigenvalue weighted by molar-refractivity contribution is 5.84. The van der Waals surface area contributed by atoms with Gasteiger partial charge in [-0.3, -0.25) is 14.6 Å². The van der Waals surface area contributed by atoms with E-state index < -0.39 is 22.7 Å². The average molecular weight is 433 g/mol. The molecule has 0 spiro atoms. The van der Waals surface area contributed by atoms with Gasteiger partial charge in [-0.1, -0.05) is 5.21 Å². The van der Waals surface area contributed by atoms with Crippen LogP contribution < -0.4 is 5.32 Å². The van der Waals surface area contributed by atoms with Crippen molar-refractivity contribution in [2.45, 2.75) is 64.5 Å². The van der Waals surface area contributed by atoms with Crippen LogP contribution in [0.2, 0.25) is 0 Å². The number of hydrogen-bond donors (Lipinski definition) is 2. The van der Waals surface area contributed by atoms with Gasteiger partial charge < -0.3 is 10.4 Å². The summed E-state index contributed by atoms with van der Waals surface area (Å²) in [6.07, 6.45) is 6.24. The number of pyridine rings is 1. The molecule has 31 heavy (non-hydrogen) atoms. The lowest BCUT2D eigenvalue weighted by atomic mass is 9.53. The smallest absolute Gasteiger partial charge is 0.309 e. The molecule has 3 aliphatic rings. The van der Waals surface area contributed by atoms with Crippen LogP contribution in [0, 0.1) is 10.8 Å². The summed E-state index contributed by atoms with van der Waals surface area (Å²) >= 11 is 0. The third-order valence-corrected chi connectivity index (χ3v) is 6.85. The van der Waals surface area contributed by atoms with E-state index in [1.165, 1.54) is 16.8 Å². The second-order valence-corrected chi connectivity index (χ2v) is 8.88. The lowest BCUT2D eigenvalue weighted by Gasteiger charge is -2.50. The van der Waals surface area contributed by atoms with E-state index in [0.29, 0.717) is 49.9 Å². The zero-order chi connectivity index (χ0) is 22.3. The summed E-state index contributed by atoms with van der Waals surface area (Å²) < 4.78 is 28.1. The number of carbonyl (C=O) groups excluding carboxylic acids is 1. The molecule has 0 unspecified atom stereocenters. The Labute approximate surface area is 178 Å². The first kappa shape index (κ1) is 21.3. The molecule has 2 aromatic heterocycles. The molecule has 3 aliphatic carbocycles. The van der Waals surface area contributed by atoms with Crippen LogP contribution in [0.3, 0.4) is 0 Å². The number of aromatic nitrogens is 4. The number of nitrogens with zero attached hydrogens (tertiary/aromatic N) is 4. The highest BCUT2D eigenvalue weighted by Gasteiger charge is 2.55. The number of amides is 1. The fraction of sp³-hybridized carbons (Fsp3) is 0.571. The number of carbonyl (C=O) groups is 2. The van der Waals surface area contributed by atoms with E-state index in [1.54, 1.807) is 6.20 Å². The second-order valence-electron chi connectivity index (χ2n) is 8.88. The predicted octanol–water partition coefficient (Wildman–Crippen LogP) is 2.87. The van der Waals surface area contributed by atoms with Crippen LogP contribution in [0.25, 0.3) is 0 Å². The first-order chi connectivity index (χ1) is 14.6.